The summed E-state index contributed by atoms with van der Waals surface area (Å²) in [6, 6.07) is 9.07. The van der Waals surface area contributed by atoms with Crippen molar-refractivity contribution >= 4 is 22.6 Å². The van der Waals surface area contributed by atoms with E-state index >= 15 is 0 Å². The molecule has 0 saturated carbocycles. The number of aromatic nitrogens is 3. The Bertz CT molecular complexity index is 807. The van der Waals surface area contributed by atoms with Crippen LogP contribution >= 0.6 is 0 Å². The standard InChI is InChI=1S/C16H16N4O/c1-3-15-19-13-5-4-11(9-14(13)20-15)16(21)18-12-6-7-17-10(2)8-12/h4-9H,3H2,1-2H3,(H,19,20)(H,17,18,21). The lowest BCUT2D eigenvalue weighted by atomic mass is 10.2. The molecular formula is C16H16N4O. The number of benzene rings is 1. The maximum atomic E-state index is 12.3. The normalized spacial score (nSPS) is 10.8. The minimum Gasteiger partial charge on any atom is -0.342 e. The zero-order valence-corrected chi connectivity index (χ0v) is 12.0. The number of carbonyl (C=O) groups is 1. The summed E-state index contributed by atoms with van der Waals surface area (Å²) in [4.78, 5) is 24.0. The Morgan fingerprint density at radius 3 is 2.90 bits per heavy atom. The van der Waals surface area contributed by atoms with E-state index in [4.69, 9.17) is 0 Å². The van der Waals surface area contributed by atoms with Gasteiger partial charge in [-0.1, -0.05) is 6.92 Å². The van der Waals surface area contributed by atoms with Gasteiger partial charge < -0.3 is 10.3 Å². The van der Waals surface area contributed by atoms with Gasteiger partial charge in [-0.3, -0.25) is 9.78 Å². The van der Waals surface area contributed by atoms with Gasteiger partial charge in [0, 0.05) is 29.6 Å². The van der Waals surface area contributed by atoms with E-state index in [1.807, 2.05) is 32.0 Å². The number of carbonyl (C=O) groups excluding carboxylic acids is 1. The Labute approximate surface area is 122 Å². The molecule has 2 aromatic heterocycles. The van der Waals surface area contributed by atoms with Crippen molar-refractivity contribution in [2.75, 3.05) is 5.32 Å². The number of nitrogens with one attached hydrogen (secondary N) is 2. The molecule has 106 valence electrons. The highest BCUT2D eigenvalue weighted by atomic mass is 16.1. The molecule has 5 heteroatoms. The smallest absolute Gasteiger partial charge is 0.255 e. The second-order valence-corrected chi connectivity index (χ2v) is 4.91. The molecule has 0 bridgehead atoms. The Hall–Kier alpha value is -2.69. The first-order valence-corrected chi connectivity index (χ1v) is 6.88. The molecule has 0 saturated heterocycles. The van der Waals surface area contributed by atoms with Crippen molar-refractivity contribution in [3.63, 3.8) is 0 Å². The molecule has 5 nitrogen and oxygen atoms in total. The number of hydrogen-bond acceptors (Lipinski definition) is 3. The molecule has 21 heavy (non-hydrogen) atoms. The lowest BCUT2D eigenvalue weighted by Crippen LogP contribution is -2.11. The summed E-state index contributed by atoms with van der Waals surface area (Å²) in [5, 5.41) is 2.87. The highest BCUT2D eigenvalue weighted by Crippen LogP contribution is 2.16. The Balaban J connectivity index is 1.87. The summed E-state index contributed by atoms with van der Waals surface area (Å²) in [6.07, 6.45) is 2.52. The van der Waals surface area contributed by atoms with Gasteiger partial charge >= 0.3 is 0 Å². The van der Waals surface area contributed by atoms with E-state index in [-0.39, 0.29) is 5.91 Å². The van der Waals surface area contributed by atoms with Crippen LogP contribution in [0.15, 0.2) is 36.5 Å². The fraction of sp³-hybridized carbons (Fsp3) is 0.188. The third-order valence-electron chi connectivity index (χ3n) is 3.28. The van der Waals surface area contributed by atoms with Crippen molar-refractivity contribution in [2.24, 2.45) is 0 Å². The van der Waals surface area contributed by atoms with Crippen LogP contribution in [0, 0.1) is 6.92 Å². The molecule has 0 spiro atoms. The van der Waals surface area contributed by atoms with E-state index in [0.29, 0.717) is 5.56 Å². The lowest BCUT2D eigenvalue weighted by molar-refractivity contribution is 0.102. The van der Waals surface area contributed by atoms with E-state index in [2.05, 4.69) is 20.3 Å². The number of fused-ring (bicyclic) bond motifs is 1. The van der Waals surface area contributed by atoms with E-state index in [1.54, 1.807) is 18.3 Å². The largest absolute Gasteiger partial charge is 0.342 e. The van der Waals surface area contributed by atoms with E-state index in [0.717, 1.165) is 34.7 Å². The predicted molar refractivity (Wildman–Crippen MR) is 82.4 cm³/mol. The number of amides is 1. The lowest BCUT2D eigenvalue weighted by Gasteiger charge is -2.05. The highest BCUT2D eigenvalue weighted by Gasteiger charge is 2.09. The summed E-state index contributed by atoms with van der Waals surface area (Å²) in [7, 11) is 0. The molecule has 0 aliphatic rings. The Morgan fingerprint density at radius 2 is 2.14 bits per heavy atom. The van der Waals surface area contributed by atoms with Crippen LogP contribution in [0.4, 0.5) is 5.69 Å². The number of pyridine rings is 1. The quantitative estimate of drug-likeness (QED) is 0.774. The number of rotatable bonds is 3. The minimum absolute atomic E-state index is 0.143. The van der Waals surface area contributed by atoms with E-state index in [1.165, 1.54) is 0 Å². The molecule has 0 unspecified atom stereocenters. The molecule has 1 aromatic carbocycles. The van der Waals surface area contributed by atoms with Gasteiger partial charge in [0.25, 0.3) is 5.91 Å². The average molecular weight is 280 g/mol. The first kappa shape index (κ1) is 13.3. The van der Waals surface area contributed by atoms with Crippen molar-refractivity contribution < 1.29 is 4.79 Å². The van der Waals surface area contributed by atoms with Gasteiger partial charge in [0.05, 0.1) is 11.0 Å². The fourth-order valence-electron chi connectivity index (χ4n) is 2.20. The number of anilines is 1. The molecule has 0 atom stereocenters. The summed E-state index contributed by atoms with van der Waals surface area (Å²) >= 11 is 0. The summed E-state index contributed by atoms with van der Waals surface area (Å²) < 4.78 is 0. The SMILES string of the molecule is CCc1nc2ccc(C(=O)Nc3ccnc(C)c3)cc2[nH]1. The number of imidazole rings is 1. The van der Waals surface area contributed by atoms with Gasteiger partial charge in [-0.25, -0.2) is 4.98 Å². The van der Waals surface area contributed by atoms with Crippen LogP contribution in [-0.4, -0.2) is 20.9 Å². The molecule has 0 fully saturated rings. The van der Waals surface area contributed by atoms with Gasteiger partial charge in [0.2, 0.25) is 0 Å². The zero-order chi connectivity index (χ0) is 14.8. The fourth-order valence-corrected chi connectivity index (χ4v) is 2.20. The first-order valence-electron chi connectivity index (χ1n) is 6.88. The van der Waals surface area contributed by atoms with Crippen LogP contribution in [0.1, 0.15) is 28.8 Å². The number of hydrogen-bond donors (Lipinski definition) is 2. The van der Waals surface area contributed by atoms with Gasteiger partial charge in [-0.15, -0.1) is 0 Å². The molecule has 2 N–H and O–H groups in total. The number of aromatic amines is 1. The molecule has 1 amide bonds. The van der Waals surface area contributed by atoms with Gasteiger partial charge in [-0.2, -0.15) is 0 Å². The van der Waals surface area contributed by atoms with Crippen molar-refractivity contribution in [1.82, 2.24) is 15.0 Å². The van der Waals surface area contributed by atoms with Gasteiger partial charge in [-0.05, 0) is 37.3 Å². The number of H-pyrrole nitrogens is 1. The van der Waals surface area contributed by atoms with Crippen LogP contribution in [0.25, 0.3) is 11.0 Å². The van der Waals surface area contributed by atoms with Crippen molar-refractivity contribution in [1.29, 1.82) is 0 Å². The highest BCUT2D eigenvalue weighted by molar-refractivity contribution is 6.05. The molecule has 0 aliphatic heterocycles. The second-order valence-electron chi connectivity index (χ2n) is 4.91. The molecule has 3 rings (SSSR count). The van der Waals surface area contributed by atoms with Crippen molar-refractivity contribution in [3.05, 3.63) is 53.6 Å². The summed E-state index contributed by atoms with van der Waals surface area (Å²) in [5.74, 6) is 0.780. The van der Waals surface area contributed by atoms with Crippen LogP contribution in [0.2, 0.25) is 0 Å². The van der Waals surface area contributed by atoms with Crippen LogP contribution in [0.5, 0.6) is 0 Å². The topological polar surface area (TPSA) is 70.7 Å². The number of aryl methyl sites for hydroxylation is 2. The molecule has 2 heterocycles. The molecule has 3 aromatic rings. The van der Waals surface area contributed by atoms with Crippen molar-refractivity contribution in [2.45, 2.75) is 20.3 Å². The Morgan fingerprint density at radius 1 is 1.29 bits per heavy atom. The minimum atomic E-state index is -0.143. The predicted octanol–water partition coefficient (Wildman–Crippen LogP) is 3.08. The molecule has 0 radical (unpaired) electrons. The maximum Gasteiger partial charge on any atom is 0.255 e. The monoisotopic (exact) mass is 280 g/mol. The summed E-state index contributed by atoms with van der Waals surface area (Å²) in [6.45, 7) is 3.93. The van der Waals surface area contributed by atoms with Gasteiger partial charge in [0.1, 0.15) is 5.82 Å². The Kier molecular flexibility index (Phi) is 3.39. The first-order chi connectivity index (χ1) is 10.2. The van der Waals surface area contributed by atoms with Crippen LogP contribution < -0.4 is 5.32 Å². The van der Waals surface area contributed by atoms with Crippen molar-refractivity contribution in [3.8, 4) is 0 Å². The van der Waals surface area contributed by atoms with E-state index < -0.39 is 0 Å². The third kappa shape index (κ3) is 2.76. The molecule has 0 aliphatic carbocycles. The summed E-state index contributed by atoms with van der Waals surface area (Å²) in [5.41, 5.74) is 3.97. The maximum absolute atomic E-state index is 12.3. The van der Waals surface area contributed by atoms with E-state index in [9.17, 15) is 4.79 Å². The van der Waals surface area contributed by atoms with Crippen LogP contribution in [0.3, 0.4) is 0 Å². The second kappa shape index (κ2) is 5.36. The zero-order valence-electron chi connectivity index (χ0n) is 12.0. The van der Waals surface area contributed by atoms with Crippen LogP contribution in [-0.2, 0) is 6.42 Å². The molecular weight excluding hydrogens is 264 g/mol. The third-order valence-corrected chi connectivity index (χ3v) is 3.28. The average Bonchev–Trinajstić information content (AvgIpc) is 2.89. The number of nitrogens with zero attached hydrogens (tertiary/aromatic N) is 2. The van der Waals surface area contributed by atoms with Gasteiger partial charge in [0.15, 0.2) is 0 Å².